The molecule has 16 nitrogen and oxygen atoms in total. The van der Waals surface area contributed by atoms with Gasteiger partial charge < -0.3 is 41.2 Å². The highest BCUT2D eigenvalue weighted by Gasteiger charge is 2.62. The number of amides is 3. The molecular formula is C48H57ClN12O4S. The van der Waals surface area contributed by atoms with Crippen molar-refractivity contribution in [1.82, 2.24) is 51.1 Å². The van der Waals surface area contributed by atoms with Crippen molar-refractivity contribution in [3.8, 4) is 16.5 Å². The normalized spacial score (nSPS) is 22.1. The smallest absolute Gasteiger partial charge is 0.272 e. The number of nitriles is 1. The van der Waals surface area contributed by atoms with Crippen LogP contribution in [0.5, 0.6) is 0 Å². The van der Waals surface area contributed by atoms with Gasteiger partial charge in [0.25, 0.3) is 5.91 Å². The second-order valence-electron chi connectivity index (χ2n) is 17.8. The summed E-state index contributed by atoms with van der Waals surface area (Å²) in [7, 11) is 0. The molecule has 346 valence electrons. The maximum atomic E-state index is 13.9. The second-order valence-corrected chi connectivity index (χ2v) is 19.0. The van der Waals surface area contributed by atoms with Crippen LogP contribution in [-0.2, 0) is 27.5 Å². The summed E-state index contributed by atoms with van der Waals surface area (Å²) in [5.74, 6) is -0.363. The highest BCUT2D eigenvalue weighted by atomic mass is 35.5. The van der Waals surface area contributed by atoms with E-state index in [9.17, 15) is 14.4 Å². The van der Waals surface area contributed by atoms with E-state index in [-0.39, 0.29) is 52.7 Å². The number of H-pyrrole nitrogens is 1. The Balaban J connectivity index is 0.694. The van der Waals surface area contributed by atoms with Crippen molar-refractivity contribution in [1.29, 1.82) is 10.7 Å². The van der Waals surface area contributed by atoms with Crippen LogP contribution >= 0.6 is 22.9 Å². The van der Waals surface area contributed by atoms with Gasteiger partial charge in [-0.1, -0.05) is 54.9 Å². The van der Waals surface area contributed by atoms with Gasteiger partial charge in [-0.2, -0.15) is 10.4 Å². The maximum Gasteiger partial charge on any atom is 0.272 e. The molecule has 4 aliphatic rings. The number of carbonyl (C=O) groups is 3. The average molecular weight is 934 g/mol. The number of fused-ring (bicyclic) bond motifs is 3. The van der Waals surface area contributed by atoms with Crippen LogP contribution in [0.2, 0.25) is 5.02 Å². The first-order chi connectivity index (χ1) is 31.9. The Morgan fingerprint density at radius 3 is 2.67 bits per heavy atom. The van der Waals surface area contributed by atoms with Crippen LogP contribution in [0.25, 0.3) is 10.4 Å². The van der Waals surface area contributed by atoms with Gasteiger partial charge in [-0.3, -0.25) is 24.4 Å². The summed E-state index contributed by atoms with van der Waals surface area (Å²) in [4.78, 5) is 52.4. The number of thiazole rings is 1. The predicted octanol–water partition coefficient (Wildman–Crippen LogP) is 4.73. The van der Waals surface area contributed by atoms with E-state index in [0.717, 1.165) is 85.2 Å². The number of rotatable bonds is 19. The van der Waals surface area contributed by atoms with Gasteiger partial charge >= 0.3 is 0 Å². The van der Waals surface area contributed by atoms with Gasteiger partial charge in [-0.15, -0.1) is 11.3 Å². The zero-order valence-corrected chi connectivity index (χ0v) is 39.1. The number of carbonyl (C=O) groups excluding carboxylic acids is 3. The van der Waals surface area contributed by atoms with E-state index in [2.05, 4.69) is 71.4 Å². The molecule has 18 heteroatoms. The van der Waals surface area contributed by atoms with Gasteiger partial charge in [-0.25, -0.2) is 4.98 Å². The van der Waals surface area contributed by atoms with Gasteiger partial charge in [0.05, 0.1) is 44.7 Å². The monoisotopic (exact) mass is 932 g/mol. The van der Waals surface area contributed by atoms with Crippen molar-refractivity contribution >= 4 is 46.4 Å². The summed E-state index contributed by atoms with van der Waals surface area (Å²) in [5.41, 5.74) is 7.94. The van der Waals surface area contributed by atoms with E-state index in [0.29, 0.717) is 48.9 Å². The molecule has 0 radical (unpaired) electrons. The molecule has 4 aliphatic heterocycles. The third-order valence-electron chi connectivity index (χ3n) is 13.1. The highest BCUT2D eigenvalue weighted by molar-refractivity contribution is 7.13. The lowest BCUT2D eigenvalue weighted by Gasteiger charge is -2.35. The number of hydrogen-bond acceptors (Lipinski definition) is 13. The van der Waals surface area contributed by atoms with Crippen LogP contribution in [0, 0.1) is 29.1 Å². The molecule has 6 N–H and O–H groups in total. The third-order valence-corrected chi connectivity index (χ3v) is 14.4. The third kappa shape index (κ3) is 10.5. The lowest BCUT2D eigenvalue weighted by atomic mass is 9.79. The minimum absolute atomic E-state index is 0.00325. The number of benzene rings is 2. The summed E-state index contributed by atoms with van der Waals surface area (Å²) in [5, 5.41) is 37.3. The molecule has 4 aromatic rings. The molecule has 2 aromatic heterocycles. The van der Waals surface area contributed by atoms with E-state index in [1.165, 1.54) is 0 Å². The number of piperazine rings is 1. The zero-order chi connectivity index (χ0) is 46.4. The standard InChI is InChI=1S/C48H57ClN12O4S/c1-30(25-52-14-13-39(51)34-9-10-35(24-50)38(49)21-34)55-45(62)40-22-36(57-58-40)28-65-20-4-15-59-16-18-60(19-17-59)27-37-23-48(3)42-12-11-41(61(42)47(64)44(48)56-37)46(63)53-26-32-5-7-33(8-6-32)43-31(2)54-29-66-43/h5-10,13-14,21-23,29-30,41-42,44,51-52,56H,4,11-12,15-20,25-28H2,1-3H3,(H,53,63)(H,55,62)(H,57,58)/b14-13-,51-39?/t30-,41-,42?,44+,48?/m0/s1. The molecular weight excluding hydrogens is 876 g/mol. The fourth-order valence-corrected chi connectivity index (χ4v) is 10.5. The SMILES string of the molecule is Cc1ncsc1-c1ccc(CNC(=O)[C@@H]2CCC3N2C(=O)[C@H]2NC(CN4CCN(CCCOCc5cc(C(=O)N[C@@H](C)CN/C=C\C(=N)c6ccc(C#N)c(Cl)c6)n[nH]5)CC4)=CC32C)cc1. The van der Waals surface area contributed by atoms with Crippen LogP contribution in [-0.4, -0.2) is 130 Å². The van der Waals surface area contributed by atoms with Crippen molar-refractivity contribution in [3.05, 3.63) is 117 Å². The number of nitrogens with zero attached hydrogens (tertiary/aromatic N) is 6. The molecule has 66 heavy (non-hydrogen) atoms. The predicted molar refractivity (Wildman–Crippen MR) is 254 cm³/mol. The number of ether oxygens (including phenoxy) is 1. The quantitative estimate of drug-likeness (QED) is 0.0560. The Morgan fingerprint density at radius 1 is 1.14 bits per heavy atom. The minimum Gasteiger partial charge on any atom is -0.389 e. The molecule has 0 bridgehead atoms. The first kappa shape index (κ1) is 46.6. The fourth-order valence-electron chi connectivity index (χ4n) is 9.49. The summed E-state index contributed by atoms with van der Waals surface area (Å²) in [6.07, 6.45) is 7.86. The minimum atomic E-state index is -0.453. The number of nitrogens with one attached hydrogen (secondary N) is 6. The number of aryl methyl sites for hydroxylation is 1. The van der Waals surface area contributed by atoms with Gasteiger partial charge in [0.1, 0.15) is 23.8 Å². The summed E-state index contributed by atoms with van der Waals surface area (Å²) >= 11 is 7.70. The molecule has 2 aromatic carbocycles. The Kier molecular flexibility index (Phi) is 14.6. The molecule has 3 fully saturated rings. The highest BCUT2D eigenvalue weighted by Crippen LogP contribution is 2.49. The van der Waals surface area contributed by atoms with Gasteiger partial charge in [0.15, 0.2) is 0 Å². The van der Waals surface area contributed by atoms with Gasteiger partial charge in [0, 0.05) is 87.7 Å². The van der Waals surface area contributed by atoms with Crippen molar-refractivity contribution in [3.63, 3.8) is 0 Å². The zero-order valence-electron chi connectivity index (χ0n) is 37.5. The molecule has 0 spiro atoms. The number of aromatic nitrogens is 3. The molecule has 5 atom stereocenters. The van der Waals surface area contributed by atoms with E-state index >= 15 is 0 Å². The van der Waals surface area contributed by atoms with E-state index in [1.54, 1.807) is 47.9 Å². The number of hydrogen-bond donors (Lipinski definition) is 6. The van der Waals surface area contributed by atoms with E-state index < -0.39 is 6.04 Å². The molecule has 6 heterocycles. The first-order valence-electron chi connectivity index (χ1n) is 22.5. The molecule has 8 rings (SSSR count). The largest absolute Gasteiger partial charge is 0.389 e. The van der Waals surface area contributed by atoms with Crippen LogP contribution in [0.1, 0.15) is 71.7 Å². The summed E-state index contributed by atoms with van der Waals surface area (Å²) < 4.78 is 5.91. The summed E-state index contributed by atoms with van der Waals surface area (Å²) in [6, 6.07) is 15.8. The van der Waals surface area contributed by atoms with E-state index in [1.807, 2.05) is 42.5 Å². The lowest BCUT2D eigenvalue weighted by Crippen LogP contribution is -2.49. The van der Waals surface area contributed by atoms with Crippen LogP contribution in [0.15, 0.2) is 78.1 Å². The lowest BCUT2D eigenvalue weighted by molar-refractivity contribution is -0.137. The van der Waals surface area contributed by atoms with Gasteiger partial charge in [0.2, 0.25) is 11.8 Å². The van der Waals surface area contributed by atoms with Crippen molar-refractivity contribution in [2.45, 2.75) is 77.4 Å². The van der Waals surface area contributed by atoms with Gasteiger partial charge in [-0.05, 0) is 74.7 Å². The van der Waals surface area contributed by atoms with Crippen molar-refractivity contribution in [2.24, 2.45) is 5.41 Å². The molecule has 0 saturated carbocycles. The van der Waals surface area contributed by atoms with Crippen LogP contribution in [0.3, 0.4) is 0 Å². The number of allylic oxidation sites excluding steroid dienone is 1. The molecule has 3 saturated heterocycles. The Hall–Kier alpha value is -5.90. The number of aromatic amines is 1. The fraction of sp³-hybridized carbons (Fsp3) is 0.438. The van der Waals surface area contributed by atoms with Crippen LogP contribution in [0.4, 0.5) is 0 Å². The Morgan fingerprint density at radius 2 is 1.92 bits per heavy atom. The maximum absolute atomic E-state index is 13.9. The van der Waals surface area contributed by atoms with Crippen molar-refractivity contribution < 1.29 is 19.1 Å². The van der Waals surface area contributed by atoms with Crippen LogP contribution < -0.4 is 21.3 Å². The Labute approximate surface area is 394 Å². The molecule has 3 amide bonds. The topological polar surface area (TPSA) is 207 Å². The molecule has 2 unspecified atom stereocenters. The number of halogens is 1. The van der Waals surface area contributed by atoms with Crippen molar-refractivity contribution in [2.75, 3.05) is 52.4 Å². The summed E-state index contributed by atoms with van der Waals surface area (Å²) in [6.45, 7) is 13.3. The average Bonchev–Trinajstić information content (AvgIpc) is 4.16. The van der Waals surface area contributed by atoms with E-state index in [4.69, 9.17) is 27.0 Å². The second kappa shape index (κ2) is 20.7. The molecule has 0 aliphatic carbocycles. The first-order valence-corrected chi connectivity index (χ1v) is 23.8. The Bertz CT molecular complexity index is 2520.